The third-order valence-corrected chi connectivity index (χ3v) is 4.97. The second-order valence-corrected chi connectivity index (χ2v) is 6.79. The van der Waals surface area contributed by atoms with E-state index in [1.807, 2.05) is 16.3 Å². The fraction of sp³-hybridized carbons (Fsp3) is 0.533. The minimum absolute atomic E-state index is 0.337. The van der Waals surface area contributed by atoms with Crippen LogP contribution in [0.25, 0.3) is 10.2 Å². The number of hydrogen-bond donors (Lipinski definition) is 2. The second-order valence-electron chi connectivity index (χ2n) is 5.90. The standard InChI is InChI=1S/C15H19F2N5OS/c16-15(17,7-18)8-19-13(23)10-2-1-4-22(6-10)12-11-3-5-24-14(11)21-9-20-12/h3,5,9-10H,1-2,4,6-8,18H2,(H,19,23). The monoisotopic (exact) mass is 355 g/mol. The highest BCUT2D eigenvalue weighted by molar-refractivity contribution is 7.16. The number of piperidine rings is 1. The van der Waals surface area contributed by atoms with Gasteiger partial charge in [-0.1, -0.05) is 0 Å². The third-order valence-electron chi connectivity index (χ3n) is 4.15. The van der Waals surface area contributed by atoms with Crippen molar-refractivity contribution < 1.29 is 13.6 Å². The Bertz CT molecular complexity index is 723. The van der Waals surface area contributed by atoms with Crippen LogP contribution in [0.5, 0.6) is 0 Å². The lowest BCUT2D eigenvalue weighted by molar-refractivity contribution is -0.127. The normalized spacial score (nSPS) is 18.8. The summed E-state index contributed by atoms with van der Waals surface area (Å²) in [5.74, 6) is -2.97. The average Bonchev–Trinajstić information content (AvgIpc) is 3.08. The molecular weight excluding hydrogens is 336 g/mol. The van der Waals surface area contributed by atoms with Gasteiger partial charge in [0.25, 0.3) is 5.92 Å². The van der Waals surface area contributed by atoms with Gasteiger partial charge in [-0.3, -0.25) is 4.79 Å². The molecule has 0 spiro atoms. The topological polar surface area (TPSA) is 84.1 Å². The van der Waals surface area contributed by atoms with Crippen molar-refractivity contribution in [3.05, 3.63) is 17.8 Å². The number of thiophene rings is 1. The lowest BCUT2D eigenvalue weighted by atomic mass is 9.97. The molecule has 0 bridgehead atoms. The van der Waals surface area contributed by atoms with Crippen LogP contribution in [0.15, 0.2) is 17.8 Å². The number of carbonyl (C=O) groups excluding carboxylic acids is 1. The smallest absolute Gasteiger partial charge is 0.277 e. The van der Waals surface area contributed by atoms with Crippen LogP contribution in [0.3, 0.4) is 0 Å². The Morgan fingerprint density at radius 2 is 2.33 bits per heavy atom. The Kier molecular flexibility index (Phi) is 4.91. The van der Waals surface area contributed by atoms with Crippen LogP contribution in [0.4, 0.5) is 14.6 Å². The molecular formula is C15H19F2N5OS. The summed E-state index contributed by atoms with van der Waals surface area (Å²) in [5.41, 5.74) is 4.99. The SMILES string of the molecule is NCC(F)(F)CNC(=O)C1CCCN(c2ncnc3sccc23)C1. The van der Waals surface area contributed by atoms with E-state index in [9.17, 15) is 13.6 Å². The van der Waals surface area contributed by atoms with Crippen molar-refractivity contribution in [1.29, 1.82) is 0 Å². The average molecular weight is 355 g/mol. The Morgan fingerprint density at radius 1 is 1.50 bits per heavy atom. The number of alkyl halides is 2. The predicted molar refractivity (Wildman–Crippen MR) is 89.4 cm³/mol. The van der Waals surface area contributed by atoms with Crippen LogP contribution in [0, 0.1) is 5.92 Å². The third kappa shape index (κ3) is 3.62. The van der Waals surface area contributed by atoms with Crippen molar-refractivity contribution in [1.82, 2.24) is 15.3 Å². The molecule has 3 N–H and O–H groups in total. The summed E-state index contributed by atoms with van der Waals surface area (Å²) >= 11 is 1.53. The zero-order chi connectivity index (χ0) is 17.2. The number of hydrogen-bond acceptors (Lipinski definition) is 6. The van der Waals surface area contributed by atoms with Crippen LogP contribution in [0.2, 0.25) is 0 Å². The molecule has 0 saturated carbocycles. The number of carbonyl (C=O) groups is 1. The van der Waals surface area contributed by atoms with E-state index in [4.69, 9.17) is 5.73 Å². The van der Waals surface area contributed by atoms with Crippen LogP contribution >= 0.6 is 11.3 Å². The Hall–Kier alpha value is -1.87. The first-order valence-corrected chi connectivity index (χ1v) is 8.67. The number of nitrogens with zero attached hydrogens (tertiary/aromatic N) is 3. The minimum atomic E-state index is -3.07. The molecule has 2 aromatic rings. The summed E-state index contributed by atoms with van der Waals surface area (Å²) in [5, 5.41) is 5.23. The first-order chi connectivity index (χ1) is 11.5. The van der Waals surface area contributed by atoms with E-state index in [1.165, 1.54) is 17.7 Å². The largest absolute Gasteiger partial charge is 0.355 e. The Labute approximate surface area is 142 Å². The molecule has 0 aromatic carbocycles. The number of amides is 1. The van der Waals surface area contributed by atoms with Crippen LogP contribution < -0.4 is 16.0 Å². The van der Waals surface area contributed by atoms with Gasteiger partial charge in [0, 0.05) is 13.1 Å². The molecule has 6 nitrogen and oxygen atoms in total. The summed E-state index contributed by atoms with van der Waals surface area (Å²) < 4.78 is 26.4. The van der Waals surface area contributed by atoms with E-state index >= 15 is 0 Å². The van der Waals surface area contributed by atoms with Crippen molar-refractivity contribution in [2.75, 3.05) is 31.1 Å². The summed E-state index contributed by atoms with van der Waals surface area (Å²) in [4.78, 5) is 23.7. The van der Waals surface area contributed by atoms with E-state index in [2.05, 4.69) is 15.3 Å². The highest BCUT2D eigenvalue weighted by Gasteiger charge is 2.31. The zero-order valence-electron chi connectivity index (χ0n) is 13.0. The zero-order valence-corrected chi connectivity index (χ0v) is 13.9. The van der Waals surface area contributed by atoms with Crippen LogP contribution in [0.1, 0.15) is 12.8 Å². The summed E-state index contributed by atoms with van der Waals surface area (Å²) in [6, 6.07) is 1.96. The molecule has 3 heterocycles. The van der Waals surface area contributed by atoms with E-state index in [1.54, 1.807) is 0 Å². The molecule has 2 aromatic heterocycles. The molecule has 24 heavy (non-hydrogen) atoms. The number of fused-ring (bicyclic) bond motifs is 1. The van der Waals surface area contributed by atoms with Crippen molar-refractivity contribution >= 4 is 33.3 Å². The molecule has 3 rings (SSSR count). The highest BCUT2D eigenvalue weighted by atomic mass is 32.1. The molecule has 0 aliphatic carbocycles. The van der Waals surface area contributed by atoms with Gasteiger partial charge in [0.2, 0.25) is 5.91 Å². The van der Waals surface area contributed by atoms with Gasteiger partial charge in [-0.05, 0) is 24.3 Å². The molecule has 9 heteroatoms. The molecule has 1 aliphatic heterocycles. The van der Waals surface area contributed by atoms with E-state index < -0.39 is 19.0 Å². The van der Waals surface area contributed by atoms with Crippen LogP contribution in [-0.2, 0) is 4.79 Å². The minimum Gasteiger partial charge on any atom is -0.355 e. The number of anilines is 1. The number of nitrogens with two attached hydrogens (primary N) is 1. The van der Waals surface area contributed by atoms with E-state index in [-0.39, 0.29) is 11.8 Å². The maximum Gasteiger partial charge on any atom is 0.277 e. The van der Waals surface area contributed by atoms with E-state index in [0.29, 0.717) is 13.0 Å². The highest BCUT2D eigenvalue weighted by Crippen LogP contribution is 2.30. The fourth-order valence-electron chi connectivity index (χ4n) is 2.85. The van der Waals surface area contributed by atoms with E-state index in [0.717, 1.165) is 29.0 Å². The number of halogens is 2. The summed E-state index contributed by atoms with van der Waals surface area (Å²) in [6.07, 6.45) is 3.00. The van der Waals surface area contributed by atoms with Crippen molar-refractivity contribution in [2.24, 2.45) is 11.7 Å². The first kappa shape index (κ1) is 17.0. The number of aromatic nitrogens is 2. The van der Waals surface area contributed by atoms with Gasteiger partial charge >= 0.3 is 0 Å². The molecule has 1 fully saturated rings. The molecule has 1 amide bonds. The quantitative estimate of drug-likeness (QED) is 0.851. The molecule has 130 valence electrons. The van der Waals surface area contributed by atoms with Gasteiger partial charge in [0.15, 0.2) is 0 Å². The molecule has 1 saturated heterocycles. The van der Waals surface area contributed by atoms with Gasteiger partial charge < -0.3 is 16.0 Å². The lowest BCUT2D eigenvalue weighted by Crippen LogP contribution is -2.47. The van der Waals surface area contributed by atoms with Crippen molar-refractivity contribution in [3.63, 3.8) is 0 Å². The number of nitrogens with one attached hydrogen (secondary N) is 1. The Morgan fingerprint density at radius 3 is 3.12 bits per heavy atom. The van der Waals surface area contributed by atoms with Gasteiger partial charge in [-0.15, -0.1) is 11.3 Å². The molecule has 1 atom stereocenters. The molecule has 1 unspecified atom stereocenters. The van der Waals surface area contributed by atoms with Gasteiger partial charge in [-0.25, -0.2) is 18.7 Å². The maximum absolute atomic E-state index is 13.2. The number of rotatable bonds is 5. The summed E-state index contributed by atoms with van der Waals surface area (Å²) in [6.45, 7) is -0.255. The second kappa shape index (κ2) is 6.94. The van der Waals surface area contributed by atoms with Gasteiger partial charge in [0.1, 0.15) is 17.0 Å². The van der Waals surface area contributed by atoms with Crippen molar-refractivity contribution in [2.45, 2.75) is 18.8 Å². The van der Waals surface area contributed by atoms with Crippen LogP contribution in [-0.4, -0.2) is 48.0 Å². The fourth-order valence-corrected chi connectivity index (χ4v) is 3.57. The first-order valence-electron chi connectivity index (χ1n) is 7.79. The predicted octanol–water partition coefficient (Wildman–Crippen LogP) is 1.62. The van der Waals surface area contributed by atoms with Gasteiger partial charge in [0.05, 0.1) is 24.4 Å². The van der Waals surface area contributed by atoms with Gasteiger partial charge in [-0.2, -0.15) is 0 Å². The Balaban J connectivity index is 1.68. The summed E-state index contributed by atoms with van der Waals surface area (Å²) in [7, 11) is 0. The molecule has 0 radical (unpaired) electrons. The maximum atomic E-state index is 13.2. The molecule has 1 aliphatic rings. The lowest BCUT2D eigenvalue weighted by Gasteiger charge is -2.33. The van der Waals surface area contributed by atoms with Crippen molar-refractivity contribution in [3.8, 4) is 0 Å².